The molecule has 0 radical (unpaired) electrons. The molecule has 0 fully saturated rings. The first-order valence-corrected chi connectivity index (χ1v) is 7.81. The SMILES string of the molecule is CCc1ccc(C2C(C#N)=C(N)Oc3n[nH]c(C(C)C)c32)cc1. The number of aromatic amines is 1. The fourth-order valence-corrected chi connectivity index (χ4v) is 2.99. The summed E-state index contributed by atoms with van der Waals surface area (Å²) in [6.45, 7) is 6.28. The van der Waals surface area contributed by atoms with Crippen LogP contribution in [0.3, 0.4) is 0 Å². The van der Waals surface area contributed by atoms with Gasteiger partial charge in [0.2, 0.25) is 11.8 Å². The number of nitrogens with two attached hydrogens (primary N) is 1. The van der Waals surface area contributed by atoms with Gasteiger partial charge in [0.1, 0.15) is 11.6 Å². The Morgan fingerprint density at radius 2 is 2.04 bits per heavy atom. The Morgan fingerprint density at radius 3 is 2.61 bits per heavy atom. The Labute approximate surface area is 135 Å². The summed E-state index contributed by atoms with van der Waals surface area (Å²) in [5.41, 5.74) is 10.6. The van der Waals surface area contributed by atoms with Crippen molar-refractivity contribution in [3.05, 3.63) is 58.1 Å². The predicted octanol–water partition coefficient (Wildman–Crippen LogP) is 3.31. The standard InChI is InChI=1S/C18H20N4O/c1-4-11-5-7-12(8-6-11)14-13(9-19)17(20)23-18-15(14)16(10(2)3)21-22-18/h5-8,10,14H,4,20H2,1-3H3,(H,21,22). The number of aromatic nitrogens is 2. The van der Waals surface area contributed by atoms with Crippen molar-refractivity contribution in [1.82, 2.24) is 10.2 Å². The molecule has 5 nitrogen and oxygen atoms in total. The van der Waals surface area contributed by atoms with Crippen molar-refractivity contribution >= 4 is 0 Å². The Balaban J connectivity index is 2.19. The first-order valence-electron chi connectivity index (χ1n) is 7.81. The van der Waals surface area contributed by atoms with Crippen molar-refractivity contribution in [2.45, 2.75) is 39.0 Å². The minimum atomic E-state index is -0.245. The second-order valence-electron chi connectivity index (χ2n) is 6.03. The van der Waals surface area contributed by atoms with Gasteiger partial charge in [-0.3, -0.25) is 5.10 Å². The van der Waals surface area contributed by atoms with E-state index in [1.54, 1.807) is 0 Å². The molecular formula is C18H20N4O. The molecule has 5 heteroatoms. The van der Waals surface area contributed by atoms with Crippen LogP contribution < -0.4 is 10.5 Å². The molecule has 23 heavy (non-hydrogen) atoms. The number of nitrogens with one attached hydrogen (secondary N) is 1. The van der Waals surface area contributed by atoms with Crippen LogP contribution in [0, 0.1) is 11.3 Å². The van der Waals surface area contributed by atoms with Crippen LogP contribution in [0.4, 0.5) is 0 Å². The smallest absolute Gasteiger partial charge is 0.244 e. The lowest BCUT2D eigenvalue weighted by Gasteiger charge is -2.24. The molecule has 0 spiro atoms. The summed E-state index contributed by atoms with van der Waals surface area (Å²) in [4.78, 5) is 0. The minimum absolute atomic E-state index is 0.131. The van der Waals surface area contributed by atoms with Gasteiger partial charge >= 0.3 is 0 Å². The third kappa shape index (κ3) is 2.46. The molecule has 0 bridgehead atoms. The van der Waals surface area contributed by atoms with E-state index in [1.807, 2.05) is 0 Å². The number of fused-ring (bicyclic) bond motifs is 1. The highest BCUT2D eigenvalue weighted by atomic mass is 16.5. The number of H-pyrrole nitrogens is 1. The lowest BCUT2D eigenvalue weighted by atomic mass is 9.82. The molecule has 0 amide bonds. The number of ether oxygens (including phenoxy) is 1. The first-order chi connectivity index (χ1) is 11.1. The lowest BCUT2D eigenvalue weighted by molar-refractivity contribution is 0.378. The quantitative estimate of drug-likeness (QED) is 0.910. The van der Waals surface area contributed by atoms with Crippen LogP contribution in [0.25, 0.3) is 0 Å². The summed E-state index contributed by atoms with van der Waals surface area (Å²) < 4.78 is 5.56. The highest BCUT2D eigenvalue weighted by molar-refractivity contribution is 5.55. The van der Waals surface area contributed by atoms with E-state index in [-0.39, 0.29) is 17.7 Å². The average Bonchev–Trinajstić information content (AvgIpc) is 2.97. The number of benzene rings is 1. The second-order valence-corrected chi connectivity index (χ2v) is 6.03. The van der Waals surface area contributed by atoms with E-state index >= 15 is 0 Å². The zero-order chi connectivity index (χ0) is 16.6. The molecule has 1 aliphatic rings. The van der Waals surface area contributed by atoms with Gasteiger partial charge in [0.05, 0.1) is 11.5 Å². The van der Waals surface area contributed by atoms with E-state index in [4.69, 9.17) is 10.5 Å². The fraction of sp³-hybridized carbons (Fsp3) is 0.333. The zero-order valence-corrected chi connectivity index (χ0v) is 13.6. The van der Waals surface area contributed by atoms with Gasteiger partial charge in [-0.15, -0.1) is 5.10 Å². The number of hydrogen-bond acceptors (Lipinski definition) is 4. The Bertz CT molecular complexity index is 793. The van der Waals surface area contributed by atoms with Crippen LogP contribution >= 0.6 is 0 Å². The second kappa shape index (κ2) is 5.81. The van der Waals surface area contributed by atoms with Crippen LogP contribution in [0.15, 0.2) is 35.7 Å². The van der Waals surface area contributed by atoms with Gasteiger partial charge in [0, 0.05) is 5.69 Å². The Hall–Kier alpha value is -2.74. The van der Waals surface area contributed by atoms with Crippen LogP contribution in [0.2, 0.25) is 0 Å². The number of rotatable bonds is 3. The largest absolute Gasteiger partial charge is 0.420 e. The molecule has 2 aromatic rings. The number of nitrogens with zero attached hydrogens (tertiary/aromatic N) is 2. The van der Waals surface area contributed by atoms with Gasteiger partial charge in [0.15, 0.2) is 0 Å². The normalized spacial score (nSPS) is 16.9. The lowest BCUT2D eigenvalue weighted by Crippen LogP contribution is -2.21. The van der Waals surface area contributed by atoms with Crippen LogP contribution in [-0.2, 0) is 6.42 Å². The van der Waals surface area contributed by atoms with Crippen molar-refractivity contribution in [2.24, 2.45) is 5.73 Å². The van der Waals surface area contributed by atoms with Gasteiger partial charge in [-0.2, -0.15) is 5.26 Å². The summed E-state index contributed by atoms with van der Waals surface area (Å²) in [5, 5.41) is 16.9. The molecule has 3 rings (SSSR count). The molecule has 0 saturated carbocycles. The van der Waals surface area contributed by atoms with E-state index in [0.29, 0.717) is 11.5 Å². The van der Waals surface area contributed by atoms with Crippen LogP contribution in [0.5, 0.6) is 5.88 Å². The summed E-state index contributed by atoms with van der Waals surface area (Å²) >= 11 is 0. The number of hydrogen-bond donors (Lipinski definition) is 2. The van der Waals surface area contributed by atoms with Crippen LogP contribution in [0.1, 0.15) is 55.0 Å². The maximum atomic E-state index is 9.59. The van der Waals surface area contributed by atoms with E-state index in [1.165, 1.54) is 5.56 Å². The molecule has 2 heterocycles. The van der Waals surface area contributed by atoms with Crippen molar-refractivity contribution in [1.29, 1.82) is 5.26 Å². The molecule has 1 aromatic carbocycles. The van der Waals surface area contributed by atoms with Gasteiger partial charge in [0.25, 0.3) is 0 Å². The van der Waals surface area contributed by atoms with E-state index in [2.05, 4.69) is 61.3 Å². The van der Waals surface area contributed by atoms with E-state index in [9.17, 15) is 5.26 Å². The van der Waals surface area contributed by atoms with Crippen molar-refractivity contribution in [3.8, 4) is 11.9 Å². The summed E-state index contributed by atoms with van der Waals surface area (Å²) in [6, 6.07) is 10.5. The maximum Gasteiger partial charge on any atom is 0.244 e. The summed E-state index contributed by atoms with van der Waals surface area (Å²) in [6.07, 6.45) is 0.978. The number of allylic oxidation sites excluding steroid dienone is 1. The molecule has 1 aromatic heterocycles. The number of aryl methyl sites for hydroxylation is 1. The monoisotopic (exact) mass is 308 g/mol. The fourth-order valence-electron chi connectivity index (χ4n) is 2.99. The maximum absolute atomic E-state index is 9.59. The zero-order valence-electron chi connectivity index (χ0n) is 13.6. The third-order valence-corrected chi connectivity index (χ3v) is 4.27. The Morgan fingerprint density at radius 1 is 1.35 bits per heavy atom. The highest BCUT2D eigenvalue weighted by Gasteiger charge is 2.35. The highest BCUT2D eigenvalue weighted by Crippen LogP contribution is 2.44. The topological polar surface area (TPSA) is 87.7 Å². The van der Waals surface area contributed by atoms with Crippen molar-refractivity contribution in [3.63, 3.8) is 0 Å². The Kier molecular flexibility index (Phi) is 3.83. The van der Waals surface area contributed by atoms with Crippen LogP contribution in [-0.4, -0.2) is 10.2 Å². The molecular weight excluding hydrogens is 288 g/mol. The molecule has 0 saturated heterocycles. The third-order valence-electron chi connectivity index (χ3n) is 4.27. The van der Waals surface area contributed by atoms with Gasteiger partial charge in [-0.25, -0.2) is 0 Å². The van der Waals surface area contributed by atoms with Crippen molar-refractivity contribution < 1.29 is 4.74 Å². The minimum Gasteiger partial charge on any atom is -0.420 e. The van der Waals surface area contributed by atoms with E-state index < -0.39 is 0 Å². The van der Waals surface area contributed by atoms with Crippen molar-refractivity contribution in [2.75, 3.05) is 0 Å². The average molecular weight is 308 g/mol. The molecule has 1 unspecified atom stereocenters. The molecule has 3 N–H and O–H groups in total. The predicted molar refractivity (Wildman–Crippen MR) is 87.8 cm³/mol. The molecule has 118 valence electrons. The van der Waals surface area contributed by atoms with Gasteiger partial charge < -0.3 is 10.5 Å². The summed E-state index contributed by atoms with van der Waals surface area (Å²) in [7, 11) is 0. The van der Waals surface area contributed by atoms with E-state index in [0.717, 1.165) is 23.2 Å². The molecule has 0 aliphatic carbocycles. The summed E-state index contributed by atoms with van der Waals surface area (Å²) in [5.74, 6) is 0.596. The molecule has 1 aliphatic heterocycles. The number of nitriles is 1. The molecule has 1 atom stereocenters. The van der Waals surface area contributed by atoms with Gasteiger partial charge in [-0.05, 0) is 23.5 Å². The van der Waals surface area contributed by atoms with Gasteiger partial charge in [-0.1, -0.05) is 45.0 Å². The first kappa shape index (κ1) is 15.2.